The van der Waals surface area contributed by atoms with Crippen LogP contribution in [0.5, 0.6) is 0 Å². The lowest BCUT2D eigenvalue weighted by atomic mass is 9.63. The lowest BCUT2D eigenvalue weighted by molar-refractivity contribution is -0.142. The van der Waals surface area contributed by atoms with Crippen LogP contribution in [0.3, 0.4) is 0 Å². The summed E-state index contributed by atoms with van der Waals surface area (Å²) in [4.78, 5) is 0. The first-order valence-corrected chi connectivity index (χ1v) is 18.7. The first kappa shape index (κ1) is 44.8. The predicted molar refractivity (Wildman–Crippen MR) is 197 cm³/mol. The molecule has 9 atom stereocenters. The van der Waals surface area contributed by atoms with Gasteiger partial charge >= 0.3 is 0 Å². The summed E-state index contributed by atoms with van der Waals surface area (Å²) in [5, 5.41) is 0. The van der Waals surface area contributed by atoms with E-state index in [1.165, 1.54) is 0 Å². The van der Waals surface area contributed by atoms with Crippen molar-refractivity contribution in [2.24, 2.45) is 40.4 Å². The van der Waals surface area contributed by atoms with E-state index < -0.39 is 0 Å². The van der Waals surface area contributed by atoms with Crippen molar-refractivity contribution in [2.45, 2.75) is 208 Å². The molecule has 45 heavy (non-hydrogen) atoms. The number of nitrogens with two attached hydrogens (primary N) is 3. The van der Waals surface area contributed by atoms with E-state index in [4.69, 9.17) is 31.4 Å². The molecule has 0 spiro atoms. The molecule has 0 saturated heterocycles. The Morgan fingerprint density at radius 1 is 0.467 bits per heavy atom. The molecule has 0 aromatic rings. The summed E-state index contributed by atoms with van der Waals surface area (Å²) in [5.74, 6) is 0.774. The van der Waals surface area contributed by atoms with Gasteiger partial charge in [0.2, 0.25) is 0 Å². The third-order valence-corrected chi connectivity index (χ3v) is 12.3. The molecule has 0 aliphatic rings. The van der Waals surface area contributed by atoms with Crippen LogP contribution in [0.2, 0.25) is 0 Å². The molecule has 0 amide bonds. The van der Waals surface area contributed by atoms with Crippen molar-refractivity contribution in [2.75, 3.05) is 19.8 Å². The van der Waals surface area contributed by atoms with E-state index in [1.54, 1.807) is 0 Å². The summed E-state index contributed by atoms with van der Waals surface area (Å²) in [6, 6.07) is 0. The summed E-state index contributed by atoms with van der Waals surface area (Å²) in [7, 11) is 0. The van der Waals surface area contributed by atoms with E-state index in [0.717, 1.165) is 64.2 Å². The van der Waals surface area contributed by atoms with Crippen molar-refractivity contribution in [3.63, 3.8) is 0 Å². The van der Waals surface area contributed by atoms with E-state index in [-0.39, 0.29) is 56.6 Å². The minimum Gasteiger partial charge on any atom is -0.375 e. The number of hydrogen-bond acceptors (Lipinski definition) is 6. The molecule has 0 saturated carbocycles. The predicted octanol–water partition coefficient (Wildman–Crippen LogP) is 9.40. The van der Waals surface area contributed by atoms with Crippen LogP contribution in [0.4, 0.5) is 0 Å². The molecule has 0 fully saturated rings. The van der Waals surface area contributed by atoms with E-state index in [0.29, 0.717) is 19.8 Å². The van der Waals surface area contributed by atoms with Gasteiger partial charge in [-0.15, -0.1) is 0 Å². The van der Waals surface area contributed by atoms with Crippen LogP contribution >= 0.6 is 0 Å². The molecule has 0 aliphatic carbocycles. The van der Waals surface area contributed by atoms with Gasteiger partial charge in [-0.1, -0.05) is 75.2 Å². The Balaban J connectivity index is 6.57. The van der Waals surface area contributed by atoms with Crippen LogP contribution < -0.4 is 17.2 Å². The smallest absolute Gasteiger partial charge is 0.0659 e. The molecule has 0 rings (SSSR count). The fourth-order valence-electron chi connectivity index (χ4n) is 6.74. The van der Waals surface area contributed by atoms with Crippen molar-refractivity contribution < 1.29 is 14.2 Å². The standard InChI is InChI=1S/C39H83N3O3/c1-17-23-35(13,45-26-32(9)38(16,42)21-5)29-39(22-6,27-33(10,11)43-24-30(7)36(14,40)19-3)28-34(12,18-2)44-25-31(8)37(15,41)20-4/h30-32H,17-29,40-42H2,1-16H3. The fourth-order valence-corrected chi connectivity index (χ4v) is 6.74. The minimum absolute atomic E-state index is 0.0712. The molecule has 0 aliphatic heterocycles. The number of rotatable bonds is 25. The SMILES string of the molecule is CCCC(C)(CC(CC)(CC(C)(C)OCC(C)C(C)(N)CC)CC(C)(CC)OCC(C)C(C)(N)CC)OCC(C)C(C)(N)CC. The van der Waals surface area contributed by atoms with Crippen LogP contribution in [0.1, 0.15) is 175 Å². The highest BCUT2D eigenvalue weighted by molar-refractivity contribution is 4.98. The van der Waals surface area contributed by atoms with Crippen LogP contribution in [-0.2, 0) is 14.2 Å². The van der Waals surface area contributed by atoms with Crippen molar-refractivity contribution >= 4 is 0 Å². The summed E-state index contributed by atoms with van der Waals surface area (Å²) in [6.45, 7) is 37.6. The maximum atomic E-state index is 6.96. The maximum Gasteiger partial charge on any atom is 0.0659 e. The lowest BCUT2D eigenvalue weighted by Gasteiger charge is -2.49. The molecule has 0 aromatic heterocycles. The fraction of sp³-hybridized carbons (Fsp3) is 1.00. The van der Waals surface area contributed by atoms with Crippen molar-refractivity contribution in [1.82, 2.24) is 0 Å². The van der Waals surface area contributed by atoms with E-state index in [2.05, 4.69) is 111 Å². The maximum absolute atomic E-state index is 6.96. The van der Waals surface area contributed by atoms with Gasteiger partial charge in [-0.05, 0) is 123 Å². The summed E-state index contributed by atoms with van der Waals surface area (Å²) in [6.07, 6.45) is 9.56. The average molecular weight is 642 g/mol. The van der Waals surface area contributed by atoms with Gasteiger partial charge in [0, 0.05) is 16.6 Å². The third-order valence-electron chi connectivity index (χ3n) is 12.3. The van der Waals surface area contributed by atoms with Gasteiger partial charge in [-0.2, -0.15) is 0 Å². The second-order valence-electron chi connectivity index (χ2n) is 17.4. The van der Waals surface area contributed by atoms with Crippen molar-refractivity contribution in [3.05, 3.63) is 0 Å². The molecule has 0 bridgehead atoms. The molecule has 6 N–H and O–H groups in total. The Labute approximate surface area is 282 Å². The van der Waals surface area contributed by atoms with Gasteiger partial charge in [0.15, 0.2) is 0 Å². The zero-order chi connectivity index (χ0) is 35.5. The normalized spacial score (nSPS) is 23.0. The molecule has 0 aromatic carbocycles. The third kappa shape index (κ3) is 14.4. The second kappa shape index (κ2) is 18.0. The zero-order valence-electron chi connectivity index (χ0n) is 33.4. The second-order valence-corrected chi connectivity index (χ2v) is 17.4. The van der Waals surface area contributed by atoms with Crippen molar-refractivity contribution in [1.29, 1.82) is 0 Å². The van der Waals surface area contributed by atoms with Crippen LogP contribution in [0.25, 0.3) is 0 Å². The van der Waals surface area contributed by atoms with E-state index in [9.17, 15) is 0 Å². The minimum atomic E-state index is -0.341. The zero-order valence-corrected chi connectivity index (χ0v) is 33.4. The highest BCUT2D eigenvalue weighted by atomic mass is 16.5. The van der Waals surface area contributed by atoms with Gasteiger partial charge in [0.25, 0.3) is 0 Å². The first-order chi connectivity index (χ1) is 20.4. The Morgan fingerprint density at radius 2 is 0.822 bits per heavy atom. The number of hydrogen-bond donors (Lipinski definition) is 3. The summed E-state index contributed by atoms with van der Waals surface area (Å²) in [5.41, 5.74) is 18.2. The van der Waals surface area contributed by atoms with Gasteiger partial charge in [0.05, 0.1) is 36.6 Å². The van der Waals surface area contributed by atoms with Gasteiger partial charge in [-0.25, -0.2) is 0 Å². The first-order valence-electron chi connectivity index (χ1n) is 18.7. The van der Waals surface area contributed by atoms with Crippen LogP contribution in [0.15, 0.2) is 0 Å². The lowest BCUT2D eigenvalue weighted by Crippen LogP contribution is -2.50. The summed E-state index contributed by atoms with van der Waals surface area (Å²) < 4.78 is 20.6. The molecule has 6 heteroatoms. The topological polar surface area (TPSA) is 106 Å². The Morgan fingerprint density at radius 3 is 1.16 bits per heavy atom. The largest absolute Gasteiger partial charge is 0.375 e. The van der Waals surface area contributed by atoms with Gasteiger partial charge < -0.3 is 31.4 Å². The number of ether oxygens (including phenoxy) is 3. The Hall–Kier alpha value is -0.240. The molecule has 272 valence electrons. The summed E-state index contributed by atoms with van der Waals surface area (Å²) >= 11 is 0. The highest BCUT2D eigenvalue weighted by Gasteiger charge is 2.46. The van der Waals surface area contributed by atoms with E-state index in [1.807, 2.05) is 0 Å². The molecule has 9 unspecified atom stereocenters. The van der Waals surface area contributed by atoms with E-state index >= 15 is 0 Å². The average Bonchev–Trinajstić information content (AvgIpc) is 2.96. The van der Waals surface area contributed by atoms with Crippen molar-refractivity contribution in [3.8, 4) is 0 Å². The van der Waals surface area contributed by atoms with Gasteiger partial charge in [-0.3, -0.25) is 0 Å². The molecular formula is C39H83N3O3. The monoisotopic (exact) mass is 642 g/mol. The molecular weight excluding hydrogens is 558 g/mol. The highest BCUT2D eigenvalue weighted by Crippen LogP contribution is 2.50. The van der Waals surface area contributed by atoms with Crippen LogP contribution in [-0.4, -0.2) is 53.2 Å². The van der Waals surface area contributed by atoms with Crippen LogP contribution in [0, 0.1) is 23.2 Å². The van der Waals surface area contributed by atoms with Gasteiger partial charge in [0.1, 0.15) is 0 Å². The Kier molecular flexibility index (Phi) is 17.9. The molecule has 0 radical (unpaired) electrons. The Bertz CT molecular complexity index is 828. The molecule has 6 nitrogen and oxygen atoms in total. The quantitative estimate of drug-likeness (QED) is 0.0917. The molecule has 0 heterocycles.